The first kappa shape index (κ1) is 25.3. The van der Waals surface area contributed by atoms with E-state index in [1.807, 2.05) is 0 Å². The van der Waals surface area contributed by atoms with Gasteiger partial charge in [-0.05, 0) is 69.1 Å². The second-order valence-corrected chi connectivity index (χ2v) is 10.1. The van der Waals surface area contributed by atoms with Crippen molar-refractivity contribution in [2.24, 2.45) is 11.8 Å². The van der Waals surface area contributed by atoms with E-state index < -0.39 is 0 Å². The zero-order valence-electron chi connectivity index (χ0n) is 20.7. The Bertz CT molecular complexity index is 702. The van der Waals surface area contributed by atoms with Gasteiger partial charge in [-0.25, -0.2) is 0 Å². The van der Waals surface area contributed by atoms with Gasteiger partial charge >= 0.3 is 0 Å². The molecule has 1 saturated carbocycles. The highest BCUT2D eigenvalue weighted by atomic mass is 16.5. The number of fused-ring (bicyclic) bond motifs is 3. The van der Waals surface area contributed by atoms with Gasteiger partial charge in [0, 0.05) is 11.5 Å². The summed E-state index contributed by atoms with van der Waals surface area (Å²) in [6, 6.07) is 4.54. The number of aliphatic hydroxyl groups is 1. The Balaban J connectivity index is 1.74. The van der Waals surface area contributed by atoms with Gasteiger partial charge in [0.2, 0.25) is 0 Å². The highest BCUT2D eigenvalue weighted by Gasteiger charge is 2.47. The van der Waals surface area contributed by atoms with Crippen molar-refractivity contribution in [1.29, 1.82) is 0 Å². The summed E-state index contributed by atoms with van der Waals surface area (Å²) in [5.74, 6) is 3.78. The molecule has 1 heterocycles. The fourth-order valence-corrected chi connectivity index (χ4v) is 5.44. The summed E-state index contributed by atoms with van der Waals surface area (Å²) >= 11 is 0. The molecule has 1 aromatic carbocycles. The zero-order chi connectivity index (χ0) is 23.0. The third-order valence-electron chi connectivity index (χ3n) is 7.07. The maximum absolute atomic E-state index is 8.76. The van der Waals surface area contributed by atoms with E-state index in [-0.39, 0.29) is 12.2 Å². The Morgan fingerprint density at radius 3 is 2.53 bits per heavy atom. The van der Waals surface area contributed by atoms with Crippen LogP contribution in [0.2, 0.25) is 0 Å². The summed E-state index contributed by atoms with van der Waals surface area (Å²) in [4.78, 5) is 0. The van der Waals surface area contributed by atoms with Crippen LogP contribution < -0.4 is 9.47 Å². The summed E-state index contributed by atoms with van der Waals surface area (Å²) in [6.45, 7) is 11.6. The van der Waals surface area contributed by atoms with Crippen LogP contribution >= 0.6 is 0 Å². The second-order valence-electron chi connectivity index (χ2n) is 10.1. The van der Waals surface area contributed by atoms with Gasteiger partial charge in [-0.1, -0.05) is 33.1 Å². The number of benzene rings is 1. The van der Waals surface area contributed by atoms with E-state index in [0.29, 0.717) is 44.9 Å². The van der Waals surface area contributed by atoms with Crippen LogP contribution in [0.15, 0.2) is 12.1 Å². The Labute approximate surface area is 194 Å². The minimum atomic E-state index is -0.144. The Kier molecular flexibility index (Phi) is 9.69. The molecule has 5 heteroatoms. The molecule has 0 radical (unpaired) electrons. The van der Waals surface area contributed by atoms with Crippen molar-refractivity contribution in [2.75, 3.05) is 39.6 Å². The van der Waals surface area contributed by atoms with Gasteiger partial charge in [0.05, 0.1) is 33.0 Å². The molecule has 2 aliphatic rings. The van der Waals surface area contributed by atoms with E-state index in [2.05, 4.69) is 39.8 Å². The lowest BCUT2D eigenvalue weighted by Crippen LogP contribution is -2.46. The zero-order valence-corrected chi connectivity index (χ0v) is 20.7. The SMILES string of the molecule is CCCCCc1cc(OCCOCCOCCO)c2c(c1)OC(C)(C)[C@@H]1CC[C@@H](C)C[C@@H]21. The molecular formula is C27H44O5. The minimum absolute atomic E-state index is 0.0441. The average molecular weight is 449 g/mol. The first-order valence-corrected chi connectivity index (χ1v) is 12.7. The molecule has 0 saturated heterocycles. The first-order chi connectivity index (χ1) is 15.5. The molecular weight excluding hydrogens is 404 g/mol. The standard InChI is InChI=1S/C27H44O5/c1-5-6-7-8-21-18-24(31-16-15-30-14-13-29-12-11-28)26-22-17-20(2)9-10-23(22)27(3,4)32-25(26)19-21/h18-20,22-23,28H,5-17H2,1-4H3/t20-,22-,23-/m1/s1. The second kappa shape index (κ2) is 12.2. The largest absolute Gasteiger partial charge is 0.491 e. The molecule has 0 bridgehead atoms. The van der Waals surface area contributed by atoms with Gasteiger partial charge < -0.3 is 24.1 Å². The molecule has 1 aliphatic heterocycles. The molecule has 0 amide bonds. The van der Waals surface area contributed by atoms with Crippen LogP contribution in [-0.4, -0.2) is 50.3 Å². The van der Waals surface area contributed by atoms with E-state index in [1.165, 1.54) is 49.7 Å². The van der Waals surface area contributed by atoms with Crippen LogP contribution in [-0.2, 0) is 15.9 Å². The maximum atomic E-state index is 8.76. The van der Waals surface area contributed by atoms with Crippen molar-refractivity contribution in [3.05, 3.63) is 23.3 Å². The predicted molar refractivity (Wildman–Crippen MR) is 128 cm³/mol. The first-order valence-electron chi connectivity index (χ1n) is 12.7. The minimum Gasteiger partial charge on any atom is -0.491 e. The number of aryl methyl sites for hydroxylation is 1. The van der Waals surface area contributed by atoms with Gasteiger partial charge in [-0.3, -0.25) is 0 Å². The Hall–Kier alpha value is -1.30. The number of ether oxygens (including phenoxy) is 4. The van der Waals surface area contributed by atoms with Crippen molar-refractivity contribution >= 4 is 0 Å². The van der Waals surface area contributed by atoms with Crippen molar-refractivity contribution in [1.82, 2.24) is 0 Å². The van der Waals surface area contributed by atoms with Crippen LogP contribution in [0.4, 0.5) is 0 Å². The Morgan fingerprint density at radius 2 is 1.78 bits per heavy atom. The maximum Gasteiger partial charge on any atom is 0.127 e. The lowest BCUT2D eigenvalue weighted by molar-refractivity contribution is -0.0153. The molecule has 32 heavy (non-hydrogen) atoms. The summed E-state index contributed by atoms with van der Waals surface area (Å²) in [5.41, 5.74) is 2.45. The number of unbranched alkanes of at least 4 members (excludes halogenated alkanes) is 2. The van der Waals surface area contributed by atoms with Crippen LogP contribution in [0.1, 0.15) is 83.3 Å². The molecule has 0 spiro atoms. The van der Waals surface area contributed by atoms with Gasteiger partial charge in [-0.2, -0.15) is 0 Å². The van der Waals surface area contributed by atoms with Gasteiger partial charge in [-0.15, -0.1) is 0 Å². The summed E-state index contributed by atoms with van der Waals surface area (Å²) < 4.78 is 23.9. The van der Waals surface area contributed by atoms with Crippen molar-refractivity contribution in [3.8, 4) is 11.5 Å². The molecule has 1 aliphatic carbocycles. The normalized spacial score (nSPS) is 23.8. The third kappa shape index (κ3) is 6.61. The van der Waals surface area contributed by atoms with E-state index in [9.17, 15) is 0 Å². The van der Waals surface area contributed by atoms with E-state index in [4.69, 9.17) is 24.1 Å². The fraction of sp³-hybridized carbons (Fsp3) is 0.778. The van der Waals surface area contributed by atoms with Crippen LogP contribution in [0.3, 0.4) is 0 Å². The predicted octanol–water partition coefficient (Wildman–Crippen LogP) is 5.51. The molecule has 1 aromatic rings. The van der Waals surface area contributed by atoms with Crippen LogP contribution in [0.5, 0.6) is 11.5 Å². The summed E-state index contributed by atoms with van der Waals surface area (Å²) in [6.07, 6.45) is 8.41. The third-order valence-corrected chi connectivity index (χ3v) is 7.07. The molecule has 3 atom stereocenters. The highest BCUT2D eigenvalue weighted by molar-refractivity contribution is 5.52. The molecule has 1 N–H and O–H groups in total. The lowest BCUT2D eigenvalue weighted by atomic mass is 9.64. The van der Waals surface area contributed by atoms with Crippen molar-refractivity contribution in [3.63, 3.8) is 0 Å². The smallest absolute Gasteiger partial charge is 0.127 e. The van der Waals surface area contributed by atoms with Gasteiger partial charge in [0.25, 0.3) is 0 Å². The summed E-state index contributed by atoms with van der Waals surface area (Å²) in [7, 11) is 0. The van der Waals surface area contributed by atoms with Gasteiger partial charge in [0.1, 0.15) is 23.7 Å². The quantitative estimate of drug-likeness (QED) is 0.403. The number of aliphatic hydroxyl groups excluding tert-OH is 1. The Morgan fingerprint density at radius 1 is 1.03 bits per heavy atom. The highest BCUT2D eigenvalue weighted by Crippen LogP contribution is 2.55. The van der Waals surface area contributed by atoms with Crippen molar-refractivity contribution < 1.29 is 24.1 Å². The van der Waals surface area contributed by atoms with E-state index >= 15 is 0 Å². The molecule has 182 valence electrons. The topological polar surface area (TPSA) is 57.2 Å². The molecule has 3 rings (SSSR count). The molecule has 0 aromatic heterocycles. The molecule has 0 unspecified atom stereocenters. The van der Waals surface area contributed by atoms with Crippen LogP contribution in [0.25, 0.3) is 0 Å². The lowest BCUT2D eigenvalue weighted by Gasteiger charge is -2.49. The van der Waals surface area contributed by atoms with Crippen LogP contribution in [0, 0.1) is 11.8 Å². The van der Waals surface area contributed by atoms with Crippen molar-refractivity contribution in [2.45, 2.75) is 84.2 Å². The molecule has 5 nitrogen and oxygen atoms in total. The number of rotatable bonds is 13. The number of hydrogen-bond donors (Lipinski definition) is 1. The van der Waals surface area contributed by atoms with E-state index in [0.717, 1.165) is 23.8 Å². The summed E-state index contributed by atoms with van der Waals surface area (Å²) in [5, 5.41) is 8.76. The molecule has 1 fully saturated rings. The van der Waals surface area contributed by atoms with Gasteiger partial charge in [0.15, 0.2) is 0 Å². The van der Waals surface area contributed by atoms with E-state index in [1.54, 1.807) is 0 Å². The number of hydrogen-bond acceptors (Lipinski definition) is 5. The fourth-order valence-electron chi connectivity index (χ4n) is 5.44. The monoisotopic (exact) mass is 448 g/mol. The average Bonchev–Trinajstić information content (AvgIpc) is 2.75.